The Bertz CT molecular complexity index is 1200. The Morgan fingerprint density at radius 2 is 1.70 bits per heavy atom. The quantitative estimate of drug-likeness (QED) is 0.451. The van der Waals surface area contributed by atoms with Crippen LogP contribution < -0.4 is 5.32 Å². The van der Waals surface area contributed by atoms with E-state index in [-0.39, 0.29) is 21.9 Å². The number of carbonyl (C=O) groups excluding carboxylic acids is 1. The number of alkyl halides is 3. The van der Waals surface area contributed by atoms with Gasteiger partial charge in [-0.05, 0) is 53.9 Å². The molecule has 0 aliphatic carbocycles. The molecule has 30 heavy (non-hydrogen) atoms. The van der Waals surface area contributed by atoms with Crippen molar-refractivity contribution in [2.24, 2.45) is 0 Å². The number of hydrogen-bond donors (Lipinski definition) is 2. The third kappa shape index (κ3) is 4.28. The highest BCUT2D eigenvalue weighted by atomic mass is 35.5. The fourth-order valence-electron chi connectivity index (χ4n) is 2.98. The van der Waals surface area contributed by atoms with Crippen molar-refractivity contribution in [2.75, 3.05) is 5.32 Å². The van der Waals surface area contributed by atoms with Crippen LogP contribution in [-0.4, -0.2) is 20.9 Å². The number of pyridine rings is 1. The van der Waals surface area contributed by atoms with Crippen LogP contribution in [0.5, 0.6) is 0 Å². The first-order chi connectivity index (χ1) is 14.3. The zero-order valence-electron chi connectivity index (χ0n) is 15.3. The first kappa shape index (κ1) is 19.9. The third-order valence-electron chi connectivity index (χ3n) is 4.45. The first-order valence-electron chi connectivity index (χ1n) is 8.85. The van der Waals surface area contributed by atoms with Gasteiger partial charge in [0.15, 0.2) is 5.82 Å². The molecule has 9 heteroatoms. The summed E-state index contributed by atoms with van der Waals surface area (Å²) in [5.74, 6) is -0.718. The molecule has 0 bridgehead atoms. The molecule has 2 heterocycles. The zero-order valence-corrected chi connectivity index (χ0v) is 16.1. The lowest BCUT2D eigenvalue weighted by molar-refractivity contribution is -0.137. The van der Waals surface area contributed by atoms with E-state index in [0.29, 0.717) is 5.69 Å². The Labute approximate surface area is 173 Å². The van der Waals surface area contributed by atoms with Crippen LogP contribution in [-0.2, 0) is 12.6 Å². The Kier molecular flexibility index (Phi) is 5.17. The number of aromatic amines is 1. The van der Waals surface area contributed by atoms with Crippen LogP contribution in [0.25, 0.3) is 11.0 Å². The topological polar surface area (TPSA) is 70.7 Å². The van der Waals surface area contributed by atoms with Gasteiger partial charge in [0.2, 0.25) is 0 Å². The molecule has 4 aromatic rings. The lowest BCUT2D eigenvalue weighted by atomic mass is 10.1. The number of halogens is 4. The van der Waals surface area contributed by atoms with E-state index in [0.717, 1.165) is 29.7 Å². The number of amides is 1. The lowest BCUT2D eigenvalue weighted by Gasteiger charge is -2.06. The highest BCUT2D eigenvalue weighted by Gasteiger charge is 2.32. The van der Waals surface area contributed by atoms with Crippen LogP contribution in [0.3, 0.4) is 0 Å². The molecular weight excluding hydrogens is 417 g/mol. The molecule has 2 N–H and O–H groups in total. The predicted octanol–water partition coefficient (Wildman–Crippen LogP) is 5.47. The molecule has 5 nitrogen and oxygen atoms in total. The van der Waals surface area contributed by atoms with Gasteiger partial charge in [-0.3, -0.25) is 9.78 Å². The van der Waals surface area contributed by atoms with Gasteiger partial charge in [-0.15, -0.1) is 0 Å². The molecule has 152 valence electrons. The van der Waals surface area contributed by atoms with E-state index in [9.17, 15) is 18.0 Å². The number of aromatic nitrogens is 3. The number of hydrogen-bond acceptors (Lipinski definition) is 3. The summed E-state index contributed by atoms with van der Waals surface area (Å²) < 4.78 is 38.8. The van der Waals surface area contributed by atoms with Crippen molar-refractivity contribution in [1.82, 2.24) is 15.0 Å². The van der Waals surface area contributed by atoms with Gasteiger partial charge >= 0.3 is 6.18 Å². The Morgan fingerprint density at radius 1 is 1.03 bits per heavy atom. The summed E-state index contributed by atoms with van der Waals surface area (Å²) in [7, 11) is 0. The number of fused-ring (bicyclic) bond motifs is 1. The average Bonchev–Trinajstić information content (AvgIpc) is 3.15. The molecule has 0 unspecified atom stereocenters. The fourth-order valence-corrected chi connectivity index (χ4v) is 3.24. The van der Waals surface area contributed by atoms with Crippen LogP contribution in [0.2, 0.25) is 5.02 Å². The molecule has 2 aromatic heterocycles. The molecular formula is C21H14ClF3N4O. The Balaban J connectivity index is 1.51. The molecule has 0 aliphatic heterocycles. The summed E-state index contributed by atoms with van der Waals surface area (Å²) in [5.41, 5.74) is 1.91. The second-order valence-electron chi connectivity index (χ2n) is 6.62. The molecule has 0 aliphatic rings. The van der Waals surface area contributed by atoms with Gasteiger partial charge in [-0.25, -0.2) is 4.98 Å². The third-order valence-corrected chi connectivity index (χ3v) is 4.74. The minimum Gasteiger partial charge on any atom is -0.334 e. The Morgan fingerprint density at radius 3 is 2.37 bits per heavy atom. The van der Waals surface area contributed by atoms with E-state index in [1.807, 2.05) is 24.3 Å². The number of anilines is 1. The number of benzene rings is 2. The summed E-state index contributed by atoms with van der Waals surface area (Å²) in [4.78, 5) is 23.1. The number of carbonyl (C=O) groups is 1. The SMILES string of the molecule is O=C(Nc1ccc(Cc2ccncc2)cc1)c1nc2c(Cl)cc(C(F)(F)F)cc2[nH]1. The molecule has 0 spiro atoms. The van der Waals surface area contributed by atoms with Crippen LogP contribution in [0.4, 0.5) is 18.9 Å². The van der Waals surface area contributed by atoms with Crippen molar-refractivity contribution in [3.05, 3.63) is 88.5 Å². The van der Waals surface area contributed by atoms with Crippen LogP contribution >= 0.6 is 11.6 Å². The van der Waals surface area contributed by atoms with E-state index >= 15 is 0 Å². The highest BCUT2D eigenvalue weighted by Crippen LogP contribution is 2.34. The number of rotatable bonds is 4. The summed E-state index contributed by atoms with van der Waals surface area (Å²) >= 11 is 5.91. The first-order valence-corrected chi connectivity index (χ1v) is 9.23. The van der Waals surface area contributed by atoms with Gasteiger partial charge in [0.1, 0.15) is 5.52 Å². The number of H-pyrrole nitrogens is 1. The van der Waals surface area contributed by atoms with Crippen molar-refractivity contribution >= 4 is 34.2 Å². The zero-order chi connectivity index (χ0) is 21.3. The maximum absolute atomic E-state index is 12.9. The van der Waals surface area contributed by atoms with Gasteiger partial charge in [-0.2, -0.15) is 13.2 Å². The monoisotopic (exact) mass is 430 g/mol. The maximum atomic E-state index is 12.9. The number of nitrogens with one attached hydrogen (secondary N) is 2. The molecule has 4 rings (SSSR count). The molecule has 0 saturated heterocycles. The predicted molar refractivity (Wildman–Crippen MR) is 108 cm³/mol. The van der Waals surface area contributed by atoms with Crippen molar-refractivity contribution in [2.45, 2.75) is 12.6 Å². The average molecular weight is 431 g/mol. The molecule has 0 atom stereocenters. The van der Waals surface area contributed by atoms with E-state index < -0.39 is 17.6 Å². The standard InChI is InChI=1S/C21H14ClF3N4O/c22-16-10-14(21(23,24)25)11-17-18(16)29-19(28-17)20(30)27-15-3-1-12(2-4-15)9-13-5-7-26-8-6-13/h1-8,10-11H,9H2,(H,27,30)(H,28,29). The Hall–Kier alpha value is -3.39. The summed E-state index contributed by atoms with van der Waals surface area (Å²) in [6.07, 6.45) is -0.383. The van der Waals surface area contributed by atoms with Crippen LogP contribution in [0.15, 0.2) is 60.9 Å². The summed E-state index contributed by atoms with van der Waals surface area (Å²) in [5, 5.41) is 2.48. The van der Waals surface area contributed by atoms with Crippen molar-refractivity contribution < 1.29 is 18.0 Å². The van der Waals surface area contributed by atoms with Gasteiger partial charge in [0.25, 0.3) is 5.91 Å². The van der Waals surface area contributed by atoms with E-state index in [2.05, 4.69) is 20.3 Å². The molecule has 0 radical (unpaired) electrons. The maximum Gasteiger partial charge on any atom is 0.416 e. The van der Waals surface area contributed by atoms with Crippen LogP contribution in [0, 0.1) is 0 Å². The highest BCUT2D eigenvalue weighted by molar-refractivity contribution is 6.35. The number of nitrogens with zero attached hydrogens (tertiary/aromatic N) is 2. The van der Waals surface area contributed by atoms with Gasteiger partial charge < -0.3 is 10.3 Å². The smallest absolute Gasteiger partial charge is 0.334 e. The molecule has 1 amide bonds. The summed E-state index contributed by atoms with van der Waals surface area (Å²) in [6.45, 7) is 0. The lowest BCUT2D eigenvalue weighted by Crippen LogP contribution is -2.13. The fraction of sp³-hybridized carbons (Fsp3) is 0.0952. The van der Waals surface area contributed by atoms with Gasteiger partial charge in [0, 0.05) is 18.1 Å². The van der Waals surface area contributed by atoms with E-state index in [4.69, 9.17) is 11.6 Å². The minimum absolute atomic E-state index is 0.0349. The van der Waals surface area contributed by atoms with Crippen LogP contribution in [0.1, 0.15) is 27.3 Å². The number of imidazole rings is 1. The minimum atomic E-state index is -4.55. The van der Waals surface area contributed by atoms with Gasteiger partial charge in [0.05, 0.1) is 16.1 Å². The molecule has 0 fully saturated rings. The molecule has 2 aromatic carbocycles. The van der Waals surface area contributed by atoms with E-state index in [1.165, 1.54) is 0 Å². The largest absolute Gasteiger partial charge is 0.416 e. The second-order valence-corrected chi connectivity index (χ2v) is 7.03. The van der Waals surface area contributed by atoms with Crippen molar-refractivity contribution in [3.8, 4) is 0 Å². The second kappa shape index (κ2) is 7.79. The van der Waals surface area contributed by atoms with Crippen molar-refractivity contribution in [3.63, 3.8) is 0 Å². The summed E-state index contributed by atoms with van der Waals surface area (Å²) in [6, 6.07) is 12.7. The van der Waals surface area contributed by atoms with E-state index in [1.54, 1.807) is 24.5 Å². The normalized spacial score (nSPS) is 11.6. The van der Waals surface area contributed by atoms with Crippen molar-refractivity contribution in [1.29, 1.82) is 0 Å². The van der Waals surface area contributed by atoms with Gasteiger partial charge in [-0.1, -0.05) is 23.7 Å². The molecule has 0 saturated carbocycles.